The number of ether oxygens (including phenoxy) is 1. The molecule has 21 heavy (non-hydrogen) atoms. The Labute approximate surface area is 135 Å². The predicted octanol–water partition coefficient (Wildman–Crippen LogP) is 7.10. The fourth-order valence-corrected chi connectivity index (χ4v) is 2.70. The van der Waals surface area contributed by atoms with Crippen LogP contribution in [0.5, 0.6) is 0 Å². The van der Waals surface area contributed by atoms with E-state index in [0.29, 0.717) is 0 Å². The predicted molar refractivity (Wildman–Crippen MR) is 95.7 cm³/mol. The monoisotopic (exact) mass is 297 g/mol. The van der Waals surface area contributed by atoms with Gasteiger partial charge in [0.15, 0.2) is 0 Å². The number of rotatable bonds is 18. The normalized spacial score (nSPS) is 11.1. The number of unbranched alkanes of at least 4 members (excludes halogenated alkanes) is 14. The molecule has 0 aromatic carbocycles. The van der Waals surface area contributed by atoms with Crippen molar-refractivity contribution in [1.29, 1.82) is 0 Å². The van der Waals surface area contributed by atoms with Crippen molar-refractivity contribution in [3.8, 4) is 0 Å². The maximum Gasteiger partial charge on any atom is 0.0466 e. The smallest absolute Gasteiger partial charge is 0.0466 e. The molecule has 0 saturated carbocycles. The van der Waals surface area contributed by atoms with Crippen molar-refractivity contribution in [2.75, 3.05) is 13.2 Å². The van der Waals surface area contributed by atoms with Crippen LogP contribution >= 0.6 is 0 Å². The zero-order chi connectivity index (χ0) is 15.4. The molecule has 0 rings (SSSR count). The van der Waals surface area contributed by atoms with E-state index in [2.05, 4.69) is 13.8 Å². The van der Waals surface area contributed by atoms with Crippen LogP contribution in [0.25, 0.3) is 0 Å². The molecule has 1 nitrogen and oxygen atoms in total. The van der Waals surface area contributed by atoms with Crippen LogP contribution in [0.3, 0.4) is 0 Å². The lowest BCUT2D eigenvalue weighted by atomic mass is 10.1. The highest BCUT2D eigenvalue weighted by molar-refractivity contribution is 4.49. The summed E-state index contributed by atoms with van der Waals surface area (Å²) in [5, 5.41) is 0. The lowest BCUT2D eigenvalue weighted by molar-refractivity contribution is 0.125. The molecular formula is C20H41O. The van der Waals surface area contributed by atoms with Crippen LogP contribution in [0.2, 0.25) is 0 Å². The molecule has 0 aliphatic carbocycles. The van der Waals surface area contributed by atoms with Crippen molar-refractivity contribution in [3.05, 3.63) is 6.92 Å². The topological polar surface area (TPSA) is 9.23 Å². The molecule has 1 radical (unpaired) electrons. The zero-order valence-corrected chi connectivity index (χ0v) is 14.8. The van der Waals surface area contributed by atoms with Crippen molar-refractivity contribution in [3.63, 3.8) is 0 Å². The third-order valence-electron chi connectivity index (χ3n) is 4.18. The molecule has 0 amide bonds. The van der Waals surface area contributed by atoms with Gasteiger partial charge in [-0.15, -0.1) is 0 Å². The van der Waals surface area contributed by atoms with Crippen LogP contribution < -0.4 is 0 Å². The van der Waals surface area contributed by atoms with Crippen molar-refractivity contribution in [2.24, 2.45) is 0 Å². The average molecular weight is 298 g/mol. The third-order valence-corrected chi connectivity index (χ3v) is 4.18. The lowest BCUT2D eigenvalue weighted by Gasteiger charge is -2.05. The van der Waals surface area contributed by atoms with Crippen LogP contribution in [-0.2, 0) is 4.74 Å². The first kappa shape index (κ1) is 21.0. The van der Waals surface area contributed by atoms with Crippen LogP contribution in [0.15, 0.2) is 0 Å². The van der Waals surface area contributed by atoms with E-state index in [1.807, 2.05) is 0 Å². The standard InChI is InChI=1S/C20H41O/c1-3-5-7-9-11-12-13-14-16-18-20-21-19-17-15-10-8-6-4-2/h1,3-20H2,2H3. The van der Waals surface area contributed by atoms with Gasteiger partial charge in [-0.25, -0.2) is 0 Å². The molecule has 0 heterocycles. The molecule has 0 N–H and O–H groups in total. The van der Waals surface area contributed by atoms with Gasteiger partial charge in [0.2, 0.25) is 0 Å². The highest BCUT2D eigenvalue weighted by atomic mass is 16.5. The van der Waals surface area contributed by atoms with Crippen LogP contribution in [-0.4, -0.2) is 13.2 Å². The molecule has 0 unspecified atom stereocenters. The van der Waals surface area contributed by atoms with E-state index in [9.17, 15) is 0 Å². The molecule has 0 aromatic rings. The van der Waals surface area contributed by atoms with E-state index >= 15 is 0 Å². The summed E-state index contributed by atoms with van der Waals surface area (Å²) >= 11 is 0. The lowest BCUT2D eigenvalue weighted by Crippen LogP contribution is -1.97. The maximum atomic E-state index is 5.71. The van der Waals surface area contributed by atoms with Crippen molar-refractivity contribution >= 4 is 0 Å². The molecule has 0 aromatic heterocycles. The van der Waals surface area contributed by atoms with E-state index in [1.165, 1.54) is 96.3 Å². The van der Waals surface area contributed by atoms with Crippen LogP contribution in [0.1, 0.15) is 110 Å². The minimum atomic E-state index is 0.985. The van der Waals surface area contributed by atoms with E-state index in [-0.39, 0.29) is 0 Å². The van der Waals surface area contributed by atoms with Crippen molar-refractivity contribution in [2.45, 2.75) is 110 Å². The SMILES string of the molecule is [CH2]CCCCCCCCCCCOCCCCCCCC. The Morgan fingerprint density at radius 1 is 0.524 bits per heavy atom. The summed E-state index contributed by atoms with van der Waals surface area (Å²) < 4.78 is 5.71. The van der Waals surface area contributed by atoms with Gasteiger partial charge in [-0.3, -0.25) is 0 Å². The Kier molecular flexibility index (Phi) is 19.9. The summed E-state index contributed by atoms with van der Waals surface area (Å²) in [7, 11) is 0. The van der Waals surface area contributed by atoms with Gasteiger partial charge < -0.3 is 4.74 Å². The summed E-state index contributed by atoms with van der Waals surface area (Å²) in [5.74, 6) is 0. The van der Waals surface area contributed by atoms with E-state index < -0.39 is 0 Å². The average Bonchev–Trinajstić information content (AvgIpc) is 2.50. The fourth-order valence-electron chi connectivity index (χ4n) is 2.70. The Bertz CT molecular complexity index is 149. The van der Waals surface area contributed by atoms with Gasteiger partial charge >= 0.3 is 0 Å². The Hall–Kier alpha value is -0.0400. The van der Waals surface area contributed by atoms with E-state index in [4.69, 9.17) is 4.74 Å². The summed E-state index contributed by atoms with van der Waals surface area (Å²) in [5.41, 5.74) is 0. The van der Waals surface area contributed by atoms with Gasteiger partial charge in [0.05, 0.1) is 0 Å². The maximum absolute atomic E-state index is 5.71. The van der Waals surface area contributed by atoms with Gasteiger partial charge in [0, 0.05) is 13.2 Å². The number of hydrogen-bond acceptors (Lipinski definition) is 1. The Balaban J connectivity index is 2.90. The summed E-state index contributed by atoms with van der Waals surface area (Å²) in [6.07, 6.45) is 21.7. The quantitative estimate of drug-likeness (QED) is 0.245. The molecule has 0 saturated heterocycles. The van der Waals surface area contributed by atoms with Gasteiger partial charge in [-0.2, -0.15) is 0 Å². The second-order valence-corrected chi connectivity index (χ2v) is 6.42. The highest BCUT2D eigenvalue weighted by Gasteiger charge is 1.94. The Morgan fingerprint density at radius 3 is 1.33 bits per heavy atom. The van der Waals surface area contributed by atoms with Gasteiger partial charge in [0.1, 0.15) is 0 Å². The first-order valence-corrected chi connectivity index (χ1v) is 9.78. The van der Waals surface area contributed by atoms with E-state index in [0.717, 1.165) is 19.6 Å². The van der Waals surface area contributed by atoms with Gasteiger partial charge in [-0.1, -0.05) is 104 Å². The first-order valence-electron chi connectivity index (χ1n) is 9.78. The zero-order valence-electron chi connectivity index (χ0n) is 14.8. The molecule has 0 atom stereocenters. The number of hydrogen-bond donors (Lipinski definition) is 0. The molecule has 0 spiro atoms. The molecule has 127 valence electrons. The first-order chi connectivity index (χ1) is 10.4. The second kappa shape index (κ2) is 20.0. The minimum Gasteiger partial charge on any atom is -0.381 e. The van der Waals surface area contributed by atoms with Crippen molar-refractivity contribution < 1.29 is 4.74 Å². The van der Waals surface area contributed by atoms with Crippen LogP contribution in [0, 0.1) is 6.92 Å². The summed E-state index contributed by atoms with van der Waals surface area (Å²) in [6, 6.07) is 0. The fraction of sp³-hybridized carbons (Fsp3) is 0.950. The third kappa shape index (κ3) is 20.0. The summed E-state index contributed by atoms with van der Waals surface area (Å²) in [6.45, 7) is 8.12. The minimum absolute atomic E-state index is 0.985. The second-order valence-electron chi connectivity index (χ2n) is 6.42. The largest absolute Gasteiger partial charge is 0.381 e. The van der Waals surface area contributed by atoms with Gasteiger partial charge in [0.25, 0.3) is 0 Å². The molecular weight excluding hydrogens is 256 g/mol. The Morgan fingerprint density at radius 2 is 0.905 bits per heavy atom. The van der Waals surface area contributed by atoms with Crippen molar-refractivity contribution in [1.82, 2.24) is 0 Å². The molecule has 0 fully saturated rings. The van der Waals surface area contributed by atoms with Crippen LogP contribution in [0.4, 0.5) is 0 Å². The van der Waals surface area contributed by atoms with E-state index in [1.54, 1.807) is 0 Å². The summed E-state index contributed by atoms with van der Waals surface area (Å²) in [4.78, 5) is 0. The van der Waals surface area contributed by atoms with Gasteiger partial charge in [-0.05, 0) is 12.8 Å². The molecule has 0 aliphatic rings. The molecule has 0 aliphatic heterocycles. The molecule has 0 bridgehead atoms. The highest BCUT2D eigenvalue weighted by Crippen LogP contribution is 2.10. The molecule has 1 heteroatoms.